The van der Waals surface area contributed by atoms with Crippen LogP contribution in [0.3, 0.4) is 0 Å². The molecule has 0 saturated carbocycles. The quantitative estimate of drug-likeness (QED) is 0.662. The number of carboxylic acids is 1. The maximum atomic E-state index is 11.0. The first-order valence-corrected chi connectivity index (χ1v) is 4.60. The average Bonchev–Trinajstić information content (AvgIpc) is 2.43. The summed E-state index contributed by atoms with van der Waals surface area (Å²) >= 11 is 0. The number of nitrogens with one attached hydrogen (secondary N) is 1. The smallest absolute Gasteiger partial charge is 0.325 e. The van der Waals surface area contributed by atoms with E-state index in [1.807, 2.05) is 14.0 Å². The van der Waals surface area contributed by atoms with Crippen molar-refractivity contribution in [1.82, 2.24) is 15.1 Å². The molecule has 76 valence electrons. The van der Waals surface area contributed by atoms with Gasteiger partial charge in [0.2, 0.25) is 0 Å². The van der Waals surface area contributed by atoms with Gasteiger partial charge in [-0.3, -0.25) is 9.48 Å². The van der Waals surface area contributed by atoms with E-state index in [4.69, 9.17) is 5.11 Å². The fourth-order valence-corrected chi connectivity index (χ4v) is 2.04. The zero-order valence-electron chi connectivity index (χ0n) is 8.24. The summed E-state index contributed by atoms with van der Waals surface area (Å²) in [5.41, 5.74) is 2.68. The Labute approximate surface area is 81.7 Å². The van der Waals surface area contributed by atoms with Crippen LogP contribution in [0, 0.1) is 6.92 Å². The topological polar surface area (TPSA) is 67.2 Å². The lowest BCUT2D eigenvalue weighted by atomic mass is 9.99. The van der Waals surface area contributed by atoms with Gasteiger partial charge in [-0.15, -0.1) is 0 Å². The molecule has 1 aromatic rings. The highest BCUT2D eigenvalue weighted by Gasteiger charge is 2.30. The molecule has 2 heterocycles. The van der Waals surface area contributed by atoms with E-state index in [1.165, 1.54) is 0 Å². The molecule has 0 fully saturated rings. The van der Waals surface area contributed by atoms with Crippen molar-refractivity contribution in [2.24, 2.45) is 7.05 Å². The highest BCUT2D eigenvalue weighted by molar-refractivity contribution is 5.76. The standard InChI is InChI=1S/C9H13N3O2/c1-5-7-6(12(2)11-5)3-4-10-8(7)9(13)14/h8,10H,3-4H2,1-2H3,(H,13,14). The molecule has 1 aromatic heterocycles. The summed E-state index contributed by atoms with van der Waals surface area (Å²) in [4.78, 5) is 11.0. The van der Waals surface area contributed by atoms with Crippen LogP contribution in [0.2, 0.25) is 0 Å². The second-order valence-electron chi connectivity index (χ2n) is 3.54. The highest BCUT2D eigenvalue weighted by Crippen LogP contribution is 2.25. The number of hydrogen-bond acceptors (Lipinski definition) is 3. The Morgan fingerprint density at radius 2 is 2.43 bits per heavy atom. The molecular weight excluding hydrogens is 182 g/mol. The zero-order chi connectivity index (χ0) is 10.3. The number of fused-ring (bicyclic) bond motifs is 1. The molecule has 2 rings (SSSR count). The average molecular weight is 195 g/mol. The minimum absolute atomic E-state index is 0.590. The minimum atomic E-state index is -0.831. The lowest BCUT2D eigenvalue weighted by Crippen LogP contribution is -2.35. The lowest BCUT2D eigenvalue weighted by molar-refractivity contribution is -0.139. The van der Waals surface area contributed by atoms with Crippen molar-refractivity contribution in [1.29, 1.82) is 0 Å². The number of rotatable bonds is 1. The van der Waals surface area contributed by atoms with Gasteiger partial charge in [0.05, 0.1) is 5.69 Å². The number of aliphatic carboxylic acids is 1. The molecule has 5 heteroatoms. The highest BCUT2D eigenvalue weighted by atomic mass is 16.4. The molecule has 1 aliphatic heterocycles. The monoisotopic (exact) mass is 195 g/mol. The van der Waals surface area contributed by atoms with Crippen LogP contribution in [0.4, 0.5) is 0 Å². The van der Waals surface area contributed by atoms with E-state index < -0.39 is 12.0 Å². The van der Waals surface area contributed by atoms with Crippen molar-refractivity contribution < 1.29 is 9.90 Å². The van der Waals surface area contributed by atoms with Gasteiger partial charge in [0, 0.05) is 31.3 Å². The molecule has 0 aromatic carbocycles. The van der Waals surface area contributed by atoms with Crippen LogP contribution < -0.4 is 5.32 Å². The van der Waals surface area contributed by atoms with Gasteiger partial charge in [0.25, 0.3) is 0 Å². The fourth-order valence-electron chi connectivity index (χ4n) is 2.04. The molecule has 1 unspecified atom stereocenters. The molecule has 14 heavy (non-hydrogen) atoms. The maximum absolute atomic E-state index is 11.0. The van der Waals surface area contributed by atoms with E-state index in [2.05, 4.69) is 10.4 Å². The van der Waals surface area contributed by atoms with E-state index in [0.29, 0.717) is 6.54 Å². The van der Waals surface area contributed by atoms with Crippen molar-refractivity contribution in [3.05, 3.63) is 17.0 Å². The summed E-state index contributed by atoms with van der Waals surface area (Å²) in [6.07, 6.45) is 0.844. The molecule has 2 N–H and O–H groups in total. The Balaban J connectivity index is 2.53. The summed E-state index contributed by atoms with van der Waals surface area (Å²) in [6.45, 7) is 2.55. The Morgan fingerprint density at radius 1 is 1.71 bits per heavy atom. The van der Waals surface area contributed by atoms with Crippen LogP contribution in [-0.4, -0.2) is 27.4 Å². The number of carbonyl (C=O) groups is 1. The first kappa shape index (κ1) is 9.21. The maximum Gasteiger partial charge on any atom is 0.325 e. The second-order valence-corrected chi connectivity index (χ2v) is 3.54. The Bertz CT molecular complexity index is 384. The van der Waals surface area contributed by atoms with Gasteiger partial charge >= 0.3 is 5.97 Å². The van der Waals surface area contributed by atoms with E-state index in [9.17, 15) is 4.79 Å². The molecule has 5 nitrogen and oxygen atoms in total. The van der Waals surface area contributed by atoms with Crippen LogP contribution in [-0.2, 0) is 18.3 Å². The molecule has 1 aliphatic rings. The predicted octanol–water partition coefficient (Wildman–Crippen LogP) is -0.0000800. The molecule has 0 radical (unpaired) electrons. The van der Waals surface area contributed by atoms with Crippen molar-refractivity contribution in [2.75, 3.05) is 6.54 Å². The molecular formula is C9H13N3O2. The van der Waals surface area contributed by atoms with Gasteiger partial charge < -0.3 is 10.4 Å². The zero-order valence-corrected chi connectivity index (χ0v) is 8.24. The summed E-state index contributed by atoms with van der Waals surface area (Å²) < 4.78 is 1.78. The van der Waals surface area contributed by atoms with Gasteiger partial charge in [0.1, 0.15) is 6.04 Å². The number of hydrogen-bond donors (Lipinski definition) is 2. The Kier molecular flexibility index (Phi) is 2.03. The first-order valence-electron chi connectivity index (χ1n) is 4.60. The van der Waals surface area contributed by atoms with Crippen LogP contribution in [0.1, 0.15) is 23.0 Å². The Hall–Kier alpha value is -1.36. The summed E-state index contributed by atoms with van der Waals surface area (Å²) in [6, 6.07) is -0.590. The van der Waals surface area contributed by atoms with E-state index in [1.54, 1.807) is 4.68 Å². The van der Waals surface area contributed by atoms with Crippen LogP contribution in [0.5, 0.6) is 0 Å². The minimum Gasteiger partial charge on any atom is -0.480 e. The fraction of sp³-hybridized carbons (Fsp3) is 0.556. The van der Waals surface area contributed by atoms with Gasteiger partial charge in [-0.2, -0.15) is 5.10 Å². The molecule has 1 atom stereocenters. The van der Waals surface area contributed by atoms with Crippen molar-refractivity contribution >= 4 is 5.97 Å². The van der Waals surface area contributed by atoms with Crippen molar-refractivity contribution in [2.45, 2.75) is 19.4 Å². The second kappa shape index (κ2) is 3.09. The predicted molar refractivity (Wildman–Crippen MR) is 50.0 cm³/mol. The third-order valence-electron chi connectivity index (χ3n) is 2.64. The molecule has 0 saturated heterocycles. The van der Waals surface area contributed by atoms with Crippen molar-refractivity contribution in [3.63, 3.8) is 0 Å². The summed E-state index contributed by atoms with van der Waals surface area (Å²) in [5, 5.41) is 16.2. The van der Waals surface area contributed by atoms with E-state index in [-0.39, 0.29) is 0 Å². The van der Waals surface area contributed by atoms with E-state index in [0.717, 1.165) is 23.4 Å². The first-order chi connectivity index (χ1) is 6.61. The van der Waals surface area contributed by atoms with Gasteiger partial charge in [-0.1, -0.05) is 0 Å². The number of nitrogens with zero attached hydrogens (tertiary/aromatic N) is 2. The lowest BCUT2D eigenvalue weighted by Gasteiger charge is -2.21. The molecule has 0 spiro atoms. The number of aryl methyl sites for hydroxylation is 2. The normalized spacial score (nSPS) is 20.6. The molecule has 0 amide bonds. The van der Waals surface area contributed by atoms with Gasteiger partial charge in [-0.05, 0) is 6.92 Å². The Morgan fingerprint density at radius 3 is 3.07 bits per heavy atom. The third kappa shape index (κ3) is 1.21. The number of carboxylic acid groups (broad SMARTS) is 1. The van der Waals surface area contributed by atoms with E-state index >= 15 is 0 Å². The van der Waals surface area contributed by atoms with Gasteiger partial charge in [0.15, 0.2) is 0 Å². The largest absolute Gasteiger partial charge is 0.480 e. The van der Waals surface area contributed by atoms with Crippen molar-refractivity contribution in [3.8, 4) is 0 Å². The summed E-state index contributed by atoms with van der Waals surface area (Å²) in [5.74, 6) is -0.831. The van der Waals surface area contributed by atoms with Crippen LogP contribution in [0.25, 0.3) is 0 Å². The molecule has 0 bridgehead atoms. The van der Waals surface area contributed by atoms with Crippen LogP contribution >= 0.6 is 0 Å². The van der Waals surface area contributed by atoms with Crippen LogP contribution in [0.15, 0.2) is 0 Å². The third-order valence-corrected chi connectivity index (χ3v) is 2.64. The van der Waals surface area contributed by atoms with Gasteiger partial charge in [-0.25, -0.2) is 0 Å². The number of aromatic nitrogens is 2. The SMILES string of the molecule is Cc1nn(C)c2c1C(C(=O)O)NCC2. The molecule has 0 aliphatic carbocycles. The summed E-state index contributed by atoms with van der Waals surface area (Å²) in [7, 11) is 1.86.